The normalized spacial score (nSPS) is 38.1. The van der Waals surface area contributed by atoms with Gasteiger partial charge in [0.2, 0.25) is 0 Å². The van der Waals surface area contributed by atoms with Crippen molar-refractivity contribution in [3.8, 4) is 0 Å². The molecule has 0 radical (unpaired) electrons. The van der Waals surface area contributed by atoms with Crippen LogP contribution in [-0.4, -0.2) is 47.0 Å². The van der Waals surface area contributed by atoms with E-state index in [1.807, 2.05) is 0 Å². The molecule has 1 N–H and O–H groups in total. The van der Waals surface area contributed by atoms with Gasteiger partial charge in [-0.05, 0) is 56.9 Å². The summed E-state index contributed by atoms with van der Waals surface area (Å²) in [6.07, 6.45) is 6.06. The second kappa shape index (κ2) is 5.59. The molecule has 2 heterocycles. The monoisotopic (exact) mass is 293 g/mol. The first-order valence-corrected chi connectivity index (χ1v) is 8.37. The van der Waals surface area contributed by atoms with Crippen LogP contribution in [0.5, 0.6) is 0 Å². The molecule has 5 nitrogen and oxygen atoms in total. The average molecular weight is 293 g/mol. The van der Waals surface area contributed by atoms with Gasteiger partial charge in [0.05, 0.1) is 6.67 Å². The van der Waals surface area contributed by atoms with E-state index in [9.17, 15) is 9.59 Å². The lowest BCUT2D eigenvalue weighted by molar-refractivity contribution is -0.134. The van der Waals surface area contributed by atoms with Crippen LogP contribution in [0.15, 0.2) is 0 Å². The van der Waals surface area contributed by atoms with Gasteiger partial charge in [-0.2, -0.15) is 0 Å². The van der Waals surface area contributed by atoms with Gasteiger partial charge in [0, 0.05) is 6.54 Å². The number of amides is 3. The van der Waals surface area contributed by atoms with Crippen molar-refractivity contribution in [2.75, 3.05) is 19.8 Å². The lowest BCUT2D eigenvalue weighted by Crippen LogP contribution is -2.50. The number of hydrogen-bond donors (Lipinski definition) is 1. The molecule has 0 aromatic carbocycles. The molecule has 5 heteroatoms. The molecule has 0 aromatic rings. The standard InChI is InChI=1S/C16H27N3O2/c1-12-5-7-16(8-6-12)14(20)19(15(21)17-16)11-18-9-3-4-13(2)10-18/h12-13H,3-11H2,1-2H3,(H,17,21)/t12?,13-,16?/m1/s1. The van der Waals surface area contributed by atoms with Crippen LogP contribution < -0.4 is 5.32 Å². The Labute approximate surface area is 127 Å². The number of likely N-dealkylation sites (tertiary alicyclic amines) is 1. The van der Waals surface area contributed by atoms with Crippen molar-refractivity contribution < 1.29 is 9.59 Å². The molecule has 1 spiro atoms. The van der Waals surface area contributed by atoms with E-state index < -0.39 is 5.54 Å². The van der Waals surface area contributed by atoms with Crippen molar-refractivity contribution >= 4 is 11.9 Å². The molecular formula is C16H27N3O2. The van der Waals surface area contributed by atoms with Crippen LogP contribution in [0.1, 0.15) is 52.4 Å². The van der Waals surface area contributed by atoms with E-state index in [0.29, 0.717) is 18.5 Å². The Hall–Kier alpha value is -1.10. The van der Waals surface area contributed by atoms with Crippen LogP contribution in [0, 0.1) is 11.8 Å². The molecule has 0 bridgehead atoms. The molecule has 2 aliphatic heterocycles. The number of carbonyl (C=O) groups excluding carboxylic acids is 2. The smallest absolute Gasteiger partial charge is 0.323 e. The highest BCUT2D eigenvalue weighted by Crippen LogP contribution is 2.36. The van der Waals surface area contributed by atoms with Crippen molar-refractivity contribution in [2.24, 2.45) is 11.8 Å². The Kier molecular flexibility index (Phi) is 3.95. The Morgan fingerprint density at radius 3 is 2.52 bits per heavy atom. The number of imide groups is 1. The summed E-state index contributed by atoms with van der Waals surface area (Å²) >= 11 is 0. The second-order valence-electron chi connectivity index (χ2n) is 7.39. The first-order chi connectivity index (χ1) is 10.00. The predicted molar refractivity (Wildman–Crippen MR) is 80.6 cm³/mol. The van der Waals surface area contributed by atoms with Gasteiger partial charge in [0.15, 0.2) is 0 Å². The minimum absolute atomic E-state index is 0.0117. The Balaban J connectivity index is 1.66. The maximum atomic E-state index is 12.8. The number of hydrogen-bond acceptors (Lipinski definition) is 3. The molecule has 2 saturated heterocycles. The SMILES string of the molecule is CC1CCC2(CC1)NC(=O)N(CN1CCC[C@@H](C)C1)C2=O. The number of urea groups is 1. The van der Waals surface area contributed by atoms with Crippen molar-refractivity contribution in [2.45, 2.75) is 57.9 Å². The van der Waals surface area contributed by atoms with Crippen molar-refractivity contribution in [3.63, 3.8) is 0 Å². The number of nitrogens with one attached hydrogen (secondary N) is 1. The summed E-state index contributed by atoms with van der Waals surface area (Å²) in [4.78, 5) is 28.7. The molecule has 3 amide bonds. The molecule has 118 valence electrons. The van der Waals surface area contributed by atoms with Crippen LogP contribution in [0.3, 0.4) is 0 Å². The zero-order valence-corrected chi connectivity index (χ0v) is 13.2. The van der Waals surface area contributed by atoms with Crippen LogP contribution in [0.25, 0.3) is 0 Å². The van der Waals surface area contributed by atoms with E-state index in [1.165, 1.54) is 11.3 Å². The second-order valence-corrected chi connectivity index (χ2v) is 7.39. The molecule has 1 atom stereocenters. The molecule has 3 fully saturated rings. The lowest BCUT2D eigenvalue weighted by Gasteiger charge is -2.35. The van der Waals surface area contributed by atoms with E-state index in [1.54, 1.807) is 0 Å². The third kappa shape index (κ3) is 2.80. The summed E-state index contributed by atoms with van der Waals surface area (Å²) in [5.74, 6) is 1.33. The first-order valence-electron chi connectivity index (χ1n) is 8.37. The van der Waals surface area contributed by atoms with Crippen LogP contribution in [0.4, 0.5) is 4.79 Å². The van der Waals surface area contributed by atoms with Crippen LogP contribution in [0.2, 0.25) is 0 Å². The topological polar surface area (TPSA) is 52.7 Å². The Bertz CT molecular complexity index is 429. The fourth-order valence-corrected chi connectivity index (χ4v) is 4.01. The van der Waals surface area contributed by atoms with Gasteiger partial charge in [-0.15, -0.1) is 0 Å². The number of nitrogens with zero attached hydrogens (tertiary/aromatic N) is 2. The first kappa shape index (κ1) is 14.8. The fourth-order valence-electron chi connectivity index (χ4n) is 4.01. The van der Waals surface area contributed by atoms with E-state index in [2.05, 4.69) is 24.1 Å². The minimum atomic E-state index is -0.592. The van der Waals surface area contributed by atoms with Crippen molar-refractivity contribution in [1.82, 2.24) is 15.1 Å². The largest absolute Gasteiger partial charge is 0.326 e. The van der Waals surface area contributed by atoms with Gasteiger partial charge in [-0.3, -0.25) is 9.69 Å². The van der Waals surface area contributed by atoms with Gasteiger partial charge >= 0.3 is 6.03 Å². The minimum Gasteiger partial charge on any atom is -0.323 e. The van der Waals surface area contributed by atoms with E-state index in [4.69, 9.17) is 0 Å². The predicted octanol–water partition coefficient (Wildman–Crippen LogP) is 2.18. The zero-order chi connectivity index (χ0) is 15.0. The van der Waals surface area contributed by atoms with Crippen molar-refractivity contribution in [1.29, 1.82) is 0 Å². The number of carbonyl (C=O) groups is 2. The van der Waals surface area contributed by atoms with E-state index >= 15 is 0 Å². The molecule has 1 saturated carbocycles. The number of piperidine rings is 1. The highest BCUT2D eigenvalue weighted by atomic mass is 16.2. The maximum Gasteiger partial charge on any atom is 0.326 e. The van der Waals surface area contributed by atoms with Crippen molar-refractivity contribution in [3.05, 3.63) is 0 Å². The summed E-state index contributed by atoms with van der Waals surface area (Å²) in [6, 6.07) is -0.187. The summed E-state index contributed by atoms with van der Waals surface area (Å²) in [5.41, 5.74) is -0.592. The van der Waals surface area contributed by atoms with Gasteiger partial charge < -0.3 is 5.32 Å². The lowest BCUT2D eigenvalue weighted by atomic mass is 9.77. The summed E-state index contributed by atoms with van der Waals surface area (Å²) in [5, 5.41) is 3.00. The molecule has 3 aliphatic rings. The molecule has 0 aromatic heterocycles. The zero-order valence-electron chi connectivity index (χ0n) is 13.2. The number of rotatable bonds is 2. The molecule has 3 rings (SSSR count). The fraction of sp³-hybridized carbons (Fsp3) is 0.875. The highest BCUT2D eigenvalue weighted by molar-refractivity contribution is 6.07. The molecular weight excluding hydrogens is 266 g/mol. The Morgan fingerprint density at radius 1 is 1.14 bits per heavy atom. The van der Waals surface area contributed by atoms with Crippen LogP contribution >= 0.6 is 0 Å². The molecule has 1 aliphatic carbocycles. The van der Waals surface area contributed by atoms with Gasteiger partial charge in [-0.25, -0.2) is 9.69 Å². The Morgan fingerprint density at radius 2 is 1.86 bits per heavy atom. The maximum absolute atomic E-state index is 12.8. The van der Waals surface area contributed by atoms with Gasteiger partial charge in [0.1, 0.15) is 5.54 Å². The third-order valence-corrected chi connectivity index (χ3v) is 5.46. The molecule has 0 unspecified atom stereocenters. The third-order valence-electron chi connectivity index (χ3n) is 5.46. The van der Waals surface area contributed by atoms with Crippen LogP contribution in [-0.2, 0) is 4.79 Å². The summed E-state index contributed by atoms with van der Waals surface area (Å²) in [6.45, 7) is 6.90. The summed E-state index contributed by atoms with van der Waals surface area (Å²) in [7, 11) is 0. The van der Waals surface area contributed by atoms with Gasteiger partial charge in [-0.1, -0.05) is 13.8 Å². The summed E-state index contributed by atoms with van der Waals surface area (Å²) < 4.78 is 0. The quantitative estimate of drug-likeness (QED) is 0.794. The molecule has 21 heavy (non-hydrogen) atoms. The highest BCUT2D eigenvalue weighted by Gasteiger charge is 2.52. The van der Waals surface area contributed by atoms with E-state index in [-0.39, 0.29) is 11.9 Å². The van der Waals surface area contributed by atoms with Gasteiger partial charge in [0.25, 0.3) is 5.91 Å². The van der Waals surface area contributed by atoms with E-state index in [0.717, 1.165) is 45.2 Å². The average Bonchev–Trinajstić information content (AvgIpc) is 2.67.